The van der Waals surface area contributed by atoms with Gasteiger partial charge in [0.1, 0.15) is 10.9 Å². The lowest BCUT2D eigenvalue weighted by Gasteiger charge is -2.10. The van der Waals surface area contributed by atoms with Gasteiger partial charge in [0.15, 0.2) is 17.2 Å². The van der Waals surface area contributed by atoms with Crippen LogP contribution in [-0.4, -0.2) is 19.5 Å². The molecule has 5 rings (SSSR count). The van der Waals surface area contributed by atoms with E-state index >= 15 is 0 Å². The van der Waals surface area contributed by atoms with E-state index in [1.165, 1.54) is 12.5 Å². The first-order valence-corrected chi connectivity index (χ1v) is 9.47. The van der Waals surface area contributed by atoms with Crippen LogP contribution < -0.4 is 0 Å². The van der Waals surface area contributed by atoms with Crippen molar-refractivity contribution in [3.63, 3.8) is 0 Å². The smallest absolute Gasteiger partial charge is 0.420 e. The summed E-state index contributed by atoms with van der Waals surface area (Å²) in [6.45, 7) is 0. The Labute approximate surface area is 177 Å². The molecule has 10 heteroatoms. The van der Waals surface area contributed by atoms with Crippen LogP contribution in [0, 0.1) is 0 Å². The van der Waals surface area contributed by atoms with Gasteiger partial charge in [-0.3, -0.25) is 4.40 Å². The van der Waals surface area contributed by atoms with Crippen LogP contribution >= 0.6 is 11.6 Å². The Morgan fingerprint density at radius 1 is 1.03 bits per heavy atom. The first kappa shape index (κ1) is 19.4. The predicted octanol–water partition coefficient (Wildman–Crippen LogP) is 5.91. The van der Waals surface area contributed by atoms with Gasteiger partial charge in [-0.2, -0.15) is 18.2 Å². The Hall–Kier alpha value is -3.59. The maximum absolute atomic E-state index is 13.8. The minimum atomic E-state index is -4.66. The Morgan fingerprint density at radius 2 is 1.84 bits per heavy atom. The second kappa shape index (κ2) is 7.28. The van der Waals surface area contributed by atoms with Crippen LogP contribution in [0.4, 0.5) is 13.2 Å². The highest BCUT2D eigenvalue weighted by Crippen LogP contribution is 2.38. The minimum absolute atomic E-state index is 0.0319. The van der Waals surface area contributed by atoms with Crippen molar-refractivity contribution in [1.82, 2.24) is 19.5 Å². The largest absolute Gasteiger partial charge is 0.464 e. The maximum Gasteiger partial charge on any atom is 0.420 e. The minimum Gasteiger partial charge on any atom is -0.464 e. The number of fused-ring (bicyclic) bond motifs is 1. The molecule has 31 heavy (non-hydrogen) atoms. The molecule has 0 aliphatic heterocycles. The third-order valence-corrected chi connectivity index (χ3v) is 5.01. The fourth-order valence-electron chi connectivity index (χ4n) is 3.24. The zero-order valence-corrected chi connectivity index (χ0v) is 16.4. The van der Waals surface area contributed by atoms with E-state index in [-0.39, 0.29) is 33.7 Å². The van der Waals surface area contributed by atoms with Crippen LogP contribution in [0.3, 0.4) is 0 Å². The van der Waals surface area contributed by atoms with Crippen molar-refractivity contribution < 1.29 is 22.1 Å². The van der Waals surface area contributed by atoms with Crippen molar-refractivity contribution in [3.05, 3.63) is 83.1 Å². The van der Waals surface area contributed by atoms with Gasteiger partial charge in [0.2, 0.25) is 0 Å². The summed E-state index contributed by atoms with van der Waals surface area (Å²) in [4.78, 5) is 8.33. The monoisotopic (exact) mass is 444 g/mol. The molecule has 4 aromatic heterocycles. The molecular weight excluding hydrogens is 433 g/mol. The molecule has 0 atom stereocenters. The van der Waals surface area contributed by atoms with Crippen molar-refractivity contribution in [2.75, 3.05) is 0 Å². The van der Waals surface area contributed by atoms with Gasteiger partial charge in [-0.05, 0) is 23.8 Å². The first-order valence-electron chi connectivity index (χ1n) is 9.10. The SMILES string of the molecule is FC(F)(F)c1cc(-c2ccco2)cn2c(Cl)c(-c3nc(Cc4ccccc4)no3)nc12. The zero-order chi connectivity index (χ0) is 21.6. The number of imidazole rings is 1. The molecule has 156 valence electrons. The molecule has 0 amide bonds. The highest BCUT2D eigenvalue weighted by molar-refractivity contribution is 6.32. The van der Waals surface area contributed by atoms with Gasteiger partial charge in [-0.25, -0.2) is 4.98 Å². The summed E-state index contributed by atoms with van der Waals surface area (Å²) < 4.78 is 52.9. The van der Waals surface area contributed by atoms with Crippen molar-refractivity contribution in [3.8, 4) is 22.9 Å². The summed E-state index contributed by atoms with van der Waals surface area (Å²) in [6, 6.07) is 13.6. The van der Waals surface area contributed by atoms with Gasteiger partial charge in [0.05, 0.1) is 11.8 Å². The molecule has 0 unspecified atom stereocenters. The van der Waals surface area contributed by atoms with Crippen LogP contribution in [0.15, 0.2) is 69.9 Å². The number of benzene rings is 1. The lowest BCUT2D eigenvalue weighted by Crippen LogP contribution is -2.08. The van der Waals surface area contributed by atoms with Gasteiger partial charge in [0.25, 0.3) is 5.89 Å². The molecule has 5 aromatic rings. The summed E-state index contributed by atoms with van der Waals surface area (Å²) in [5.74, 6) is 0.565. The van der Waals surface area contributed by atoms with Crippen LogP contribution in [0.25, 0.3) is 28.6 Å². The van der Waals surface area contributed by atoms with E-state index in [2.05, 4.69) is 15.1 Å². The van der Waals surface area contributed by atoms with E-state index in [0.717, 1.165) is 16.0 Å². The summed E-state index contributed by atoms with van der Waals surface area (Å²) in [6.07, 6.45) is -1.47. The van der Waals surface area contributed by atoms with Crippen molar-refractivity contribution in [1.29, 1.82) is 0 Å². The molecule has 0 saturated heterocycles. The van der Waals surface area contributed by atoms with Gasteiger partial charge in [-0.1, -0.05) is 47.1 Å². The average Bonchev–Trinajstić information content (AvgIpc) is 3.48. The second-order valence-electron chi connectivity index (χ2n) is 6.74. The number of aromatic nitrogens is 4. The maximum atomic E-state index is 13.8. The topological polar surface area (TPSA) is 69.4 Å². The third-order valence-electron chi connectivity index (χ3n) is 4.65. The summed E-state index contributed by atoms with van der Waals surface area (Å²) in [7, 11) is 0. The molecule has 0 saturated carbocycles. The van der Waals surface area contributed by atoms with Gasteiger partial charge >= 0.3 is 6.18 Å². The quantitative estimate of drug-likeness (QED) is 0.345. The van der Waals surface area contributed by atoms with Gasteiger partial charge < -0.3 is 8.94 Å². The molecule has 0 radical (unpaired) electrons. The molecule has 0 bridgehead atoms. The lowest BCUT2D eigenvalue weighted by molar-refractivity contribution is -0.136. The van der Waals surface area contributed by atoms with E-state index in [1.54, 1.807) is 12.1 Å². The number of alkyl halides is 3. The number of nitrogens with zero attached hydrogens (tertiary/aromatic N) is 4. The molecular formula is C21H12ClF3N4O2. The Balaban J connectivity index is 1.62. The third kappa shape index (κ3) is 3.57. The van der Waals surface area contributed by atoms with Gasteiger partial charge in [-0.15, -0.1) is 0 Å². The molecule has 0 fully saturated rings. The highest BCUT2D eigenvalue weighted by Gasteiger charge is 2.36. The number of rotatable bonds is 4. The van der Waals surface area contributed by atoms with Crippen molar-refractivity contribution >= 4 is 17.2 Å². The molecule has 0 N–H and O–H groups in total. The molecule has 0 aliphatic carbocycles. The summed E-state index contributed by atoms with van der Waals surface area (Å²) in [5, 5.41) is 3.82. The molecule has 0 spiro atoms. The normalized spacial score (nSPS) is 12.0. The van der Waals surface area contributed by atoms with Crippen molar-refractivity contribution in [2.45, 2.75) is 12.6 Å². The van der Waals surface area contributed by atoms with Crippen LogP contribution in [0.1, 0.15) is 17.0 Å². The van der Waals surface area contributed by atoms with E-state index in [1.807, 2.05) is 30.3 Å². The first-order chi connectivity index (χ1) is 14.9. The number of furan rings is 1. The summed E-state index contributed by atoms with van der Waals surface area (Å²) >= 11 is 6.39. The van der Waals surface area contributed by atoms with Crippen molar-refractivity contribution in [2.24, 2.45) is 0 Å². The Bertz CT molecular complexity index is 1360. The van der Waals surface area contributed by atoms with E-state index in [4.69, 9.17) is 20.5 Å². The van der Waals surface area contributed by atoms with Crippen LogP contribution in [-0.2, 0) is 12.6 Å². The summed E-state index contributed by atoms with van der Waals surface area (Å²) in [5.41, 5.74) is -0.205. The zero-order valence-electron chi connectivity index (χ0n) is 15.6. The number of hydrogen-bond donors (Lipinski definition) is 0. The van der Waals surface area contributed by atoms with E-state index in [0.29, 0.717) is 12.2 Å². The molecule has 0 aliphatic rings. The standard InChI is InChI=1S/C21H12ClF3N4O2/c22-18-17(20-26-16(28-31-20)9-12-5-2-1-3-6-12)27-19-14(21(23,24)25)10-13(11-29(18)19)15-7-4-8-30-15/h1-8,10-11H,9H2. The van der Waals surface area contributed by atoms with Gasteiger partial charge in [0, 0.05) is 18.2 Å². The van der Waals surface area contributed by atoms with E-state index in [9.17, 15) is 13.2 Å². The highest BCUT2D eigenvalue weighted by atomic mass is 35.5. The predicted molar refractivity (Wildman–Crippen MR) is 105 cm³/mol. The average molecular weight is 445 g/mol. The Morgan fingerprint density at radius 3 is 2.55 bits per heavy atom. The number of hydrogen-bond acceptors (Lipinski definition) is 5. The van der Waals surface area contributed by atoms with E-state index < -0.39 is 11.7 Å². The Kier molecular flexibility index (Phi) is 4.55. The fourth-order valence-corrected chi connectivity index (χ4v) is 3.49. The fraction of sp³-hybridized carbons (Fsp3) is 0.0952. The van der Waals surface area contributed by atoms with Crippen LogP contribution in [0.5, 0.6) is 0 Å². The number of halogens is 4. The molecule has 1 aromatic carbocycles. The van der Waals surface area contributed by atoms with Crippen LogP contribution in [0.2, 0.25) is 5.15 Å². The second-order valence-corrected chi connectivity index (χ2v) is 7.10. The molecule has 4 heterocycles. The molecule has 6 nitrogen and oxygen atoms in total. The lowest BCUT2D eigenvalue weighted by atomic mass is 10.1. The number of pyridine rings is 1.